The largest absolute Gasteiger partial charge is 0.468 e. The smallest absolute Gasteiger partial charge is 0.320 e. The van der Waals surface area contributed by atoms with Crippen LogP contribution in [0.2, 0.25) is 0 Å². The summed E-state index contributed by atoms with van der Waals surface area (Å²) in [6.45, 7) is 7.27. The molecule has 17 heavy (non-hydrogen) atoms. The van der Waals surface area contributed by atoms with Crippen LogP contribution in [0.3, 0.4) is 0 Å². The van der Waals surface area contributed by atoms with Crippen LogP contribution in [0.1, 0.15) is 19.3 Å². The summed E-state index contributed by atoms with van der Waals surface area (Å²) in [5.41, 5.74) is 0. The molecule has 1 atom stereocenters. The number of methoxy groups -OCH3 is 2. The fourth-order valence-corrected chi connectivity index (χ4v) is 1.62. The first-order valence-electron chi connectivity index (χ1n) is 5.51. The molecule has 0 saturated carbocycles. The van der Waals surface area contributed by atoms with E-state index in [1.165, 1.54) is 14.2 Å². The van der Waals surface area contributed by atoms with Crippen LogP contribution >= 0.6 is 0 Å². The maximum Gasteiger partial charge on any atom is 0.320 e. The van der Waals surface area contributed by atoms with Crippen molar-refractivity contribution < 1.29 is 19.1 Å². The molecule has 0 rings (SSSR count). The van der Waals surface area contributed by atoms with Gasteiger partial charge in [-0.25, -0.2) is 0 Å². The molecule has 0 fully saturated rings. The third-order valence-corrected chi connectivity index (χ3v) is 2.59. The van der Waals surface area contributed by atoms with Gasteiger partial charge in [-0.15, -0.1) is 13.2 Å². The van der Waals surface area contributed by atoms with Crippen LogP contribution in [0.4, 0.5) is 0 Å². The van der Waals surface area contributed by atoms with Gasteiger partial charge >= 0.3 is 11.9 Å². The summed E-state index contributed by atoms with van der Waals surface area (Å²) in [7, 11) is 2.50. The lowest BCUT2D eigenvalue weighted by molar-refractivity contribution is -0.160. The Morgan fingerprint density at radius 3 is 2.06 bits per heavy atom. The van der Waals surface area contributed by atoms with Crippen molar-refractivity contribution in [3.63, 3.8) is 0 Å². The molecule has 0 aliphatic carbocycles. The average Bonchev–Trinajstić information content (AvgIpc) is 2.36. The zero-order valence-corrected chi connectivity index (χ0v) is 10.5. The molecular formula is C13H20O4. The fourth-order valence-electron chi connectivity index (χ4n) is 1.62. The molecule has 0 aliphatic rings. The first-order chi connectivity index (χ1) is 8.12. The maximum atomic E-state index is 11.6. The van der Waals surface area contributed by atoms with Gasteiger partial charge in [0.2, 0.25) is 0 Å². The minimum atomic E-state index is -0.924. The number of hydrogen-bond acceptors (Lipinski definition) is 4. The highest BCUT2D eigenvalue weighted by molar-refractivity contribution is 5.95. The summed E-state index contributed by atoms with van der Waals surface area (Å²) in [6, 6.07) is 0. The summed E-state index contributed by atoms with van der Waals surface area (Å²) in [5, 5.41) is 0. The molecule has 0 aromatic heterocycles. The molecule has 0 radical (unpaired) electrons. The van der Waals surface area contributed by atoms with Gasteiger partial charge in [-0.05, 0) is 19.3 Å². The number of hydrogen-bond donors (Lipinski definition) is 0. The Morgan fingerprint density at radius 2 is 1.71 bits per heavy atom. The second kappa shape index (κ2) is 8.56. The molecule has 0 aliphatic heterocycles. The monoisotopic (exact) mass is 240 g/mol. The molecule has 0 aromatic carbocycles. The Balaban J connectivity index is 4.72. The van der Waals surface area contributed by atoms with Crippen molar-refractivity contribution in [2.75, 3.05) is 14.2 Å². The van der Waals surface area contributed by atoms with Gasteiger partial charge < -0.3 is 9.47 Å². The third kappa shape index (κ3) is 4.85. The van der Waals surface area contributed by atoms with Crippen molar-refractivity contribution in [3.05, 3.63) is 25.3 Å². The summed E-state index contributed by atoms with van der Waals surface area (Å²) >= 11 is 0. The Hall–Kier alpha value is -1.58. The predicted molar refractivity (Wildman–Crippen MR) is 65.3 cm³/mol. The van der Waals surface area contributed by atoms with E-state index >= 15 is 0 Å². The van der Waals surface area contributed by atoms with Gasteiger partial charge in [-0.2, -0.15) is 0 Å². The molecule has 0 bridgehead atoms. The number of carbonyl (C=O) groups excluding carboxylic acids is 2. The van der Waals surface area contributed by atoms with E-state index in [0.29, 0.717) is 6.42 Å². The zero-order chi connectivity index (χ0) is 13.3. The molecule has 0 heterocycles. The van der Waals surface area contributed by atoms with E-state index in [4.69, 9.17) is 0 Å². The van der Waals surface area contributed by atoms with E-state index in [2.05, 4.69) is 22.6 Å². The van der Waals surface area contributed by atoms with Crippen LogP contribution in [0.5, 0.6) is 0 Å². The van der Waals surface area contributed by atoms with Gasteiger partial charge in [0.05, 0.1) is 14.2 Å². The Kier molecular flexibility index (Phi) is 7.76. The number of carbonyl (C=O) groups is 2. The summed E-state index contributed by atoms with van der Waals surface area (Å²) < 4.78 is 9.23. The van der Waals surface area contributed by atoms with Crippen LogP contribution in [-0.2, 0) is 19.1 Å². The number of ether oxygens (including phenoxy) is 2. The number of unbranched alkanes of at least 4 members (excludes halogenated alkanes) is 1. The fraction of sp³-hybridized carbons (Fsp3) is 0.538. The van der Waals surface area contributed by atoms with E-state index in [1.807, 2.05) is 0 Å². The van der Waals surface area contributed by atoms with E-state index in [9.17, 15) is 9.59 Å². The quantitative estimate of drug-likeness (QED) is 0.282. The average molecular weight is 240 g/mol. The highest BCUT2D eigenvalue weighted by Gasteiger charge is 2.34. The number of rotatable bonds is 8. The summed E-state index contributed by atoms with van der Waals surface area (Å²) in [6.07, 6.45) is 5.74. The highest BCUT2D eigenvalue weighted by atomic mass is 16.5. The zero-order valence-electron chi connectivity index (χ0n) is 10.5. The van der Waals surface area contributed by atoms with Gasteiger partial charge in [0.1, 0.15) is 0 Å². The van der Waals surface area contributed by atoms with Crippen molar-refractivity contribution in [1.82, 2.24) is 0 Å². The van der Waals surface area contributed by atoms with E-state index < -0.39 is 17.9 Å². The minimum absolute atomic E-state index is 0.269. The van der Waals surface area contributed by atoms with E-state index in [-0.39, 0.29) is 5.92 Å². The molecule has 0 aromatic rings. The van der Waals surface area contributed by atoms with Crippen molar-refractivity contribution >= 4 is 11.9 Å². The molecule has 0 saturated heterocycles. The van der Waals surface area contributed by atoms with Gasteiger partial charge in [0.15, 0.2) is 5.92 Å². The molecule has 1 unspecified atom stereocenters. The highest BCUT2D eigenvalue weighted by Crippen LogP contribution is 2.22. The maximum absolute atomic E-state index is 11.6. The topological polar surface area (TPSA) is 52.6 Å². The minimum Gasteiger partial charge on any atom is -0.468 e. The van der Waals surface area contributed by atoms with Crippen LogP contribution in [0.15, 0.2) is 25.3 Å². The second-order valence-corrected chi connectivity index (χ2v) is 3.64. The molecule has 0 N–H and O–H groups in total. The summed E-state index contributed by atoms with van der Waals surface area (Å²) in [5.74, 6) is -2.36. The molecule has 0 amide bonds. The van der Waals surface area contributed by atoms with Crippen LogP contribution < -0.4 is 0 Å². The molecule has 4 heteroatoms. The lowest BCUT2D eigenvalue weighted by atomic mass is 9.88. The van der Waals surface area contributed by atoms with Gasteiger partial charge in [-0.3, -0.25) is 9.59 Å². The number of esters is 2. The summed E-state index contributed by atoms with van der Waals surface area (Å²) in [4.78, 5) is 23.1. The first-order valence-corrected chi connectivity index (χ1v) is 5.51. The Bertz CT molecular complexity index is 267. The third-order valence-electron chi connectivity index (χ3n) is 2.59. The molecule has 96 valence electrons. The Labute approximate surface area is 102 Å². The van der Waals surface area contributed by atoms with E-state index in [0.717, 1.165) is 12.8 Å². The first kappa shape index (κ1) is 15.4. The van der Waals surface area contributed by atoms with E-state index in [1.54, 1.807) is 12.2 Å². The number of allylic oxidation sites excluding steroid dienone is 2. The van der Waals surface area contributed by atoms with Gasteiger partial charge in [0, 0.05) is 5.92 Å². The molecule has 4 nitrogen and oxygen atoms in total. The normalized spacial score (nSPS) is 11.7. The SMILES string of the molecule is C=CCCCC(C=C)C(C(=O)OC)C(=O)OC. The van der Waals surface area contributed by atoms with Crippen molar-refractivity contribution in [2.45, 2.75) is 19.3 Å². The van der Waals surface area contributed by atoms with Crippen molar-refractivity contribution in [2.24, 2.45) is 11.8 Å². The van der Waals surface area contributed by atoms with Crippen LogP contribution in [-0.4, -0.2) is 26.2 Å². The standard InChI is InChI=1S/C13H20O4/c1-5-7-8-9-10(6-2)11(12(14)16-3)13(15)17-4/h5-6,10-11H,1-2,7-9H2,3-4H3. The predicted octanol–water partition coefficient (Wildman–Crippen LogP) is 2.11. The lowest BCUT2D eigenvalue weighted by Crippen LogP contribution is -2.32. The van der Waals surface area contributed by atoms with Crippen LogP contribution in [0, 0.1) is 11.8 Å². The lowest BCUT2D eigenvalue weighted by Gasteiger charge is -2.19. The molecular weight excluding hydrogens is 220 g/mol. The van der Waals surface area contributed by atoms with Crippen LogP contribution in [0.25, 0.3) is 0 Å². The second-order valence-electron chi connectivity index (χ2n) is 3.64. The van der Waals surface area contributed by atoms with Gasteiger partial charge in [-0.1, -0.05) is 12.2 Å². The van der Waals surface area contributed by atoms with Crippen molar-refractivity contribution in [3.8, 4) is 0 Å². The van der Waals surface area contributed by atoms with Gasteiger partial charge in [0.25, 0.3) is 0 Å². The Morgan fingerprint density at radius 1 is 1.18 bits per heavy atom. The molecule has 0 spiro atoms. The van der Waals surface area contributed by atoms with Crippen molar-refractivity contribution in [1.29, 1.82) is 0 Å².